The third-order valence-electron chi connectivity index (χ3n) is 4.37. The van der Waals surface area contributed by atoms with Crippen molar-refractivity contribution in [3.8, 4) is 5.75 Å². The summed E-state index contributed by atoms with van der Waals surface area (Å²) in [6.07, 6.45) is 1.25. The van der Waals surface area contributed by atoms with Gasteiger partial charge in [-0.1, -0.05) is 29.8 Å². The first-order chi connectivity index (χ1) is 15.7. The van der Waals surface area contributed by atoms with Crippen LogP contribution in [0.3, 0.4) is 0 Å². The van der Waals surface area contributed by atoms with Crippen LogP contribution in [0.5, 0.6) is 5.75 Å². The lowest BCUT2D eigenvalue weighted by atomic mass is 10.1. The number of para-hydroxylation sites is 1. The van der Waals surface area contributed by atoms with Crippen LogP contribution < -0.4 is 10.2 Å². The fourth-order valence-corrected chi connectivity index (χ4v) is 2.69. The smallest absolute Gasteiger partial charge is 0.344 e. The molecule has 0 aliphatic carbocycles. The highest BCUT2D eigenvalue weighted by Gasteiger charge is 2.21. The summed E-state index contributed by atoms with van der Waals surface area (Å²) in [7, 11) is 0. The Morgan fingerprint density at radius 1 is 0.909 bits per heavy atom. The quantitative estimate of drug-likeness (QED) is 0.190. The van der Waals surface area contributed by atoms with E-state index in [1.54, 1.807) is 42.5 Å². The molecule has 0 fully saturated rings. The van der Waals surface area contributed by atoms with Crippen molar-refractivity contribution in [3.05, 3.63) is 109 Å². The van der Waals surface area contributed by atoms with E-state index in [1.165, 1.54) is 12.3 Å². The lowest BCUT2D eigenvalue weighted by Crippen LogP contribution is -2.17. The lowest BCUT2D eigenvalue weighted by molar-refractivity contribution is -0.394. The van der Waals surface area contributed by atoms with Crippen molar-refractivity contribution >= 4 is 29.5 Å². The van der Waals surface area contributed by atoms with Crippen LogP contribution >= 0.6 is 0 Å². The molecule has 0 spiro atoms. The standard InChI is InChI=1S/C22H16N4O7/c1-14-6-8-15(9-7-14)21(27)24-23-13-16-4-2-3-5-20(16)33-22(28)17-10-18(25(29)30)12-19(11-17)26(31)32/h2-13H,1H3,(H,24,27)/b23-13+. The van der Waals surface area contributed by atoms with Gasteiger partial charge in [0, 0.05) is 23.3 Å². The van der Waals surface area contributed by atoms with Crippen molar-refractivity contribution in [1.29, 1.82) is 0 Å². The van der Waals surface area contributed by atoms with E-state index >= 15 is 0 Å². The van der Waals surface area contributed by atoms with Crippen LogP contribution in [0.15, 0.2) is 71.8 Å². The number of hydrogen-bond donors (Lipinski definition) is 1. The van der Waals surface area contributed by atoms with Gasteiger partial charge in [0.1, 0.15) is 5.75 Å². The van der Waals surface area contributed by atoms with E-state index in [4.69, 9.17) is 4.74 Å². The first-order valence-electron chi connectivity index (χ1n) is 9.40. The number of hydrogen-bond acceptors (Lipinski definition) is 8. The van der Waals surface area contributed by atoms with E-state index in [-0.39, 0.29) is 11.3 Å². The van der Waals surface area contributed by atoms with Crippen molar-refractivity contribution in [2.24, 2.45) is 5.10 Å². The molecular weight excluding hydrogens is 432 g/mol. The number of nitro benzene ring substituents is 2. The summed E-state index contributed by atoms with van der Waals surface area (Å²) in [5.41, 5.74) is 2.47. The van der Waals surface area contributed by atoms with Gasteiger partial charge in [-0.25, -0.2) is 10.2 Å². The number of non-ortho nitro benzene ring substituents is 2. The Kier molecular flexibility index (Phi) is 6.84. The molecule has 0 radical (unpaired) electrons. The molecule has 11 heteroatoms. The molecule has 0 aromatic heterocycles. The number of carbonyl (C=O) groups excluding carboxylic acids is 2. The number of amides is 1. The fourth-order valence-electron chi connectivity index (χ4n) is 2.69. The second-order valence-corrected chi connectivity index (χ2v) is 6.74. The Morgan fingerprint density at radius 3 is 2.12 bits per heavy atom. The number of nitro groups is 2. The zero-order valence-electron chi connectivity index (χ0n) is 17.1. The monoisotopic (exact) mass is 448 g/mol. The topological polar surface area (TPSA) is 154 Å². The molecule has 3 aromatic carbocycles. The lowest BCUT2D eigenvalue weighted by Gasteiger charge is -2.07. The zero-order valence-corrected chi connectivity index (χ0v) is 17.1. The molecule has 33 heavy (non-hydrogen) atoms. The highest BCUT2D eigenvalue weighted by molar-refractivity contribution is 5.96. The summed E-state index contributed by atoms with van der Waals surface area (Å²) in [5.74, 6) is -1.44. The van der Waals surface area contributed by atoms with Crippen molar-refractivity contribution in [3.63, 3.8) is 0 Å². The van der Waals surface area contributed by atoms with Gasteiger partial charge in [-0.15, -0.1) is 0 Å². The minimum atomic E-state index is -1.04. The molecule has 1 N–H and O–H groups in total. The van der Waals surface area contributed by atoms with Gasteiger partial charge in [0.05, 0.1) is 27.7 Å². The number of nitrogens with one attached hydrogen (secondary N) is 1. The molecule has 1 amide bonds. The van der Waals surface area contributed by atoms with E-state index in [1.807, 2.05) is 6.92 Å². The van der Waals surface area contributed by atoms with Gasteiger partial charge in [0.2, 0.25) is 0 Å². The molecule has 0 atom stereocenters. The van der Waals surface area contributed by atoms with Gasteiger partial charge in [-0.05, 0) is 31.2 Å². The summed E-state index contributed by atoms with van der Waals surface area (Å²) in [6.45, 7) is 1.89. The largest absolute Gasteiger partial charge is 0.422 e. The number of rotatable bonds is 7. The molecule has 166 valence electrons. The predicted molar refractivity (Wildman–Crippen MR) is 117 cm³/mol. The minimum Gasteiger partial charge on any atom is -0.422 e. The number of esters is 1. The normalized spacial score (nSPS) is 10.6. The van der Waals surface area contributed by atoms with Gasteiger partial charge >= 0.3 is 5.97 Å². The molecule has 0 unspecified atom stereocenters. The minimum absolute atomic E-state index is 0.0324. The Labute approximate surface area is 186 Å². The third kappa shape index (κ3) is 5.82. The molecular formula is C22H16N4O7. The van der Waals surface area contributed by atoms with E-state index < -0.39 is 33.1 Å². The van der Waals surface area contributed by atoms with Crippen LogP contribution in [0.4, 0.5) is 11.4 Å². The molecule has 0 saturated carbocycles. The van der Waals surface area contributed by atoms with E-state index in [9.17, 15) is 29.8 Å². The van der Waals surface area contributed by atoms with Crippen molar-refractivity contribution < 1.29 is 24.2 Å². The highest BCUT2D eigenvalue weighted by atomic mass is 16.6. The number of carbonyl (C=O) groups is 2. The summed E-state index contributed by atoms with van der Waals surface area (Å²) in [4.78, 5) is 45.1. The van der Waals surface area contributed by atoms with Crippen LogP contribution in [0, 0.1) is 27.2 Å². The van der Waals surface area contributed by atoms with Gasteiger partial charge in [0.25, 0.3) is 17.3 Å². The maximum Gasteiger partial charge on any atom is 0.344 e. The van der Waals surface area contributed by atoms with E-state index in [0.717, 1.165) is 23.8 Å². The first kappa shape index (κ1) is 22.7. The highest BCUT2D eigenvalue weighted by Crippen LogP contribution is 2.24. The van der Waals surface area contributed by atoms with Crippen LogP contribution in [-0.4, -0.2) is 27.9 Å². The van der Waals surface area contributed by atoms with Crippen LogP contribution in [0.2, 0.25) is 0 Å². The van der Waals surface area contributed by atoms with E-state index in [2.05, 4.69) is 10.5 Å². The van der Waals surface area contributed by atoms with Crippen molar-refractivity contribution in [1.82, 2.24) is 5.43 Å². The van der Waals surface area contributed by atoms with E-state index in [0.29, 0.717) is 11.1 Å². The number of ether oxygens (including phenoxy) is 1. The zero-order chi connectivity index (χ0) is 24.0. The maximum absolute atomic E-state index is 12.5. The predicted octanol–water partition coefficient (Wildman–Crippen LogP) is 3.79. The number of nitrogens with zero attached hydrogens (tertiary/aromatic N) is 3. The number of hydrazone groups is 1. The van der Waals surface area contributed by atoms with Crippen molar-refractivity contribution in [2.45, 2.75) is 6.92 Å². The van der Waals surface area contributed by atoms with Crippen LogP contribution in [-0.2, 0) is 0 Å². The second-order valence-electron chi connectivity index (χ2n) is 6.74. The average molecular weight is 448 g/mol. The first-order valence-corrected chi connectivity index (χ1v) is 9.40. The number of aryl methyl sites for hydroxylation is 1. The second kappa shape index (κ2) is 9.92. The molecule has 0 aliphatic heterocycles. The van der Waals surface area contributed by atoms with Crippen LogP contribution in [0.1, 0.15) is 31.8 Å². The van der Waals surface area contributed by atoms with Gasteiger partial charge in [-0.2, -0.15) is 5.10 Å². The fraction of sp³-hybridized carbons (Fsp3) is 0.0455. The molecule has 3 aromatic rings. The Bertz CT molecular complexity index is 1240. The Hall–Kier alpha value is -4.93. The molecule has 0 aliphatic rings. The molecule has 11 nitrogen and oxygen atoms in total. The van der Waals surface area contributed by atoms with Crippen molar-refractivity contribution in [2.75, 3.05) is 0 Å². The summed E-state index contributed by atoms with van der Waals surface area (Å²) in [5, 5.41) is 25.9. The molecule has 0 bridgehead atoms. The molecule has 0 heterocycles. The average Bonchev–Trinajstić information content (AvgIpc) is 2.80. The summed E-state index contributed by atoms with van der Waals surface area (Å²) >= 11 is 0. The van der Waals surface area contributed by atoms with Crippen LogP contribution in [0.25, 0.3) is 0 Å². The maximum atomic E-state index is 12.5. The van der Waals surface area contributed by atoms with Gasteiger partial charge < -0.3 is 4.74 Å². The molecule has 0 saturated heterocycles. The van der Waals surface area contributed by atoms with Gasteiger partial charge in [-0.3, -0.25) is 25.0 Å². The summed E-state index contributed by atoms with van der Waals surface area (Å²) < 4.78 is 5.27. The number of benzene rings is 3. The summed E-state index contributed by atoms with van der Waals surface area (Å²) in [6, 6.07) is 15.6. The van der Waals surface area contributed by atoms with Gasteiger partial charge in [0.15, 0.2) is 0 Å². The Balaban J connectivity index is 1.78. The third-order valence-corrected chi connectivity index (χ3v) is 4.37. The molecule has 3 rings (SSSR count). The SMILES string of the molecule is Cc1ccc(C(=O)N/N=C/c2ccccc2OC(=O)c2cc([N+](=O)[O-])cc([N+](=O)[O-])c2)cc1. The Morgan fingerprint density at radius 2 is 1.52 bits per heavy atom.